The van der Waals surface area contributed by atoms with Crippen molar-refractivity contribution in [3.8, 4) is 10.6 Å². The Kier molecular flexibility index (Phi) is 7.33. The zero-order valence-corrected chi connectivity index (χ0v) is 16.6. The van der Waals surface area contributed by atoms with Crippen LogP contribution in [0, 0.1) is 12.8 Å². The van der Waals surface area contributed by atoms with Gasteiger partial charge in [0.15, 0.2) is 6.61 Å². The van der Waals surface area contributed by atoms with E-state index < -0.39 is 5.97 Å². The minimum absolute atomic E-state index is 0.269. The lowest BCUT2D eigenvalue weighted by Crippen LogP contribution is -2.30. The van der Waals surface area contributed by atoms with Gasteiger partial charge in [0.05, 0.1) is 5.69 Å². The maximum Gasteiger partial charge on any atom is 0.350 e. The molecule has 0 saturated heterocycles. The van der Waals surface area contributed by atoms with E-state index in [2.05, 4.69) is 43.2 Å². The molecule has 2 rings (SSSR count). The van der Waals surface area contributed by atoms with Gasteiger partial charge in [-0.2, -0.15) is 0 Å². The molecule has 0 saturated carbocycles. The fourth-order valence-electron chi connectivity index (χ4n) is 2.34. The predicted molar refractivity (Wildman–Crippen MR) is 104 cm³/mol. The van der Waals surface area contributed by atoms with Gasteiger partial charge in [-0.05, 0) is 31.2 Å². The van der Waals surface area contributed by atoms with Crippen LogP contribution in [-0.2, 0) is 16.0 Å². The Morgan fingerprint density at radius 2 is 1.92 bits per heavy atom. The van der Waals surface area contributed by atoms with Gasteiger partial charge in [0.1, 0.15) is 9.88 Å². The minimum atomic E-state index is -0.504. The topological polar surface area (TPSA) is 68.3 Å². The van der Waals surface area contributed by atoms with Crippen LogP contribution in [0.2, 0.25) is 0 Å². The van der Waals surface area contributed by atoms with Gasteiger partial charge < -0.3 is 10.1 Å². The third-order valence-corrected chi connectivity index (χ3v) is 5.16. The highest BCUT2D eigenvalue weighted by molar-refractivity contribution is 7.17. The van der Waals surface area contributed by atoms with Crippen LogP contribution in [0.5, 0.6) is 0 Å². The number of amides is 1. The minimum Gasteiger partial charge on any atom is -0.451 e. The van der Waals surface area contributed by atoms with Crippen molar-refractivity contribution in [2.75, 3.05) is 13.2 Å². The Balaban J connectivity index is 1.95. The monoisotopic (exact) mass is 374 g/mol. The first-order valence-electron chi connectivity index (χ1n) is 8.91. The molecule has 1 N–H and O–H groups in total. The van der Waals surface area contributed by atoms with Crippen molar-refractivity contribution in [3.63, 3.8) is 0 Å². The van der Waals surface area contributed by atoms with E-state index in [0.29, 0.717) is 23.0 Å². The Morgan fingerprint density at radius 3 is 2.54 bits per heavy atom. The fraction of sp³-hybridized carbons (Fsp3) is 0.450. The molecular formula is C20H26N2O3S. The van der Waals surface area contributed by atoms with Gasteiger partial charge in [-0.3, -0.25) is 4.79 Å². The summed E-state index contributed by atoms with van der Waals surface area (Å²) in [5, 5.41) is 3.53. The van der Waals surface area contributed by atoms with Crippen molar-refractivity contribution in [1.29, 1.82) is 0 Å². The lowest BCUT2D eigenvalue weighted by Gasteiger charge is -2.07. The van der Waals surface area contributed by atoms with Crippen LogP contribution in [0.15, 0.2) is 24.3 Å². The third kappa shape index (κ3) is 5.66. The summed E-state index contributed by atoms with van der Waals surface area (Å²) in [4.78, 5) is 28.9. The summed E-state index contributed by atoms with van der Waals surface area (Å²) >= 11 is 1.29. The Morgan fingerprint density at radius 1 is 1.23 bits per heavy atom. The van der Waals surface area contributed by atoms with Gasteiger partial charge >= 0.3 is 5.97 Å². The summed E-state index contributed by atoms with van der Waals surface area (Å²) < 4.78 is 5.13. The SMILES string of the molecule is CCc1ccc(-c2nc(C)c(C(=O)OCC(=O)NCCC(C)C)s2)cc1. The molecule has 2 aromatic rings. The number of esters is 1. The van der Waals surface area contributed by atoms with Gasteiger partial charge in [-0.15, -0.1) is 11.3 Å². The standard InChI is InChI=1S/C20H26N2O3S/c1-5-15-6-8-16(9-7-15)19-22-14(4)18(26-19)20(24)25-12-17(23)21-11-10-13(2)3/h6-9,13H,5,10-12H2,1-4H3,(H,21,23). The first-order valence-corrected chi connectivity index (χ1v) is 9.73. The van der Waals surface area contributed by atoms with E-state index >= 15 is 0 Å². The second-order valence-electron chi connectivity index (χ2n) is 6.59. The van der Waals surface area contributed by atoms with E-state index in [1.165, 1.54) is 16.9 Å². The zero-order valence-electron chi connectivity index (χ0n) is 15.8. The summed E-state index contributed by atoms with van der Waals surface area (Å²) in [5.74, 6) is -0.269. The van der Waals surface area contributed by atoms with E-state index in [1.807, 2.05) is 12.1 Å². The quantitative estimate of drug-likeness (QED) is 0.709. The third-order valence-electron chi connectivity index (χ3n) is 3.97. The largest absolute Gasteiger partial charge is 0.451 e. The molecule has 0 unspecified atom stereocenters. The summed E-state index contributed by atoms with van der Waals surface area (Å²) in [5.41, 5.74) is 2.85. The number of aromatic nitrogens is 1. The van der Waals surface area contributed by atoms with Crippen LogP contribution in [0.4, 0.5) is 0 Å². The number of nitrogens with zero attached hydrogens (tertiary/aromatic N) is 1. The van der Waals surface area contributed by atoms with Crippen molar-refractivity contribution in [1.82, 2.24) is 10.3 Å². The molecule has 0 bridgehead atoms. The molecule has 0 aliphatic rings. The molecule has 0 spiro atoms. The van der Waals surface area contributed by atoms with Gasteiger partial charge in [-0.25, -0.2) is 9.78 Å². The molecule has 5 nitrogen and oxygen atoms in total. The highest BCUT2D eigenvalue weighted by Gasteiger charge is 2.18. The molecule has 140 valence electrons. The predicted octanol–water partition coefficient (Wildman–Crippen LogP) is 4.00. The van der Waals surface area contributed by atoms with Crippen LogP contribution in [0.25, 0.3) is 10.6 Å². The maximum atomic E-state index is 12.3. The molecule has 0 fully saturated rings. The van der Waals surface area contributed by atoms with Crippen molar-refractivity contribution in [2.24, 2.45) is 5.92 Å². The van der Waals surface area contributed by atoms with Crippen molar-refractivity contribution in [2.45, 2.75) is 40.5 Å². The van der Waals surface area contributed by atoms with Crippen LogP contribution in [0.3, 0.4) is 0 Å². The van der Waals surface area contributed by atoms with E-state index in [1.54, 1.807) is 6.92 Å². The number of thiazole rings is 1. The molecule has 1 amide bonds. The molecule has 6 heteroatoms. The number of carbonyl (C=O) groups excluding carboxylic acids is 2. The first-order chi connectivity index (χ1) is 12.4. The van der Waals surface area contributed by atoms with E-state index in [0.717, 1.165) is 23.4 Å². The first kappa shape index (κ1) is 20.1. The average Bonchev–Trinajstić information content (AvgIpc) is 3.01. The molecule has 0 radical (unpaired) electrons. The Bertz CT molecular complexity index is 751. The second kappa shape index (κ2) is 9.48. The fourth-order valence-corrected chi connectivity index (χ4v) is 3.31. The van der Waals surface area contributed by atoms with Gasteiger partial charge in [0, 0.05) is 12.1 Å². The normalized spacial score (nSPS) is 10.8. The van der Waals surface area contributed by atoms with Crippen LogP contribution in [-0.4, -0.2) is 30.0 Å². The molecule has 0 atom stereocenters. The number of aryl methyl sites for hydroxylation is 2. The summed E-state index contributed by atoms with van der Waals surface area (Å²) in [6, 6.07) is 8.14. The Hall–Kier alpha value is -2.21. The van der Waals surface area contributed by atoms with Gasteiger partial charge in [-0.1, -0.05) is 45.0 Å². The molecule has 1 aromatic heterocycles. The van der Waals surface area contributed by atoms with E-state index in [9.17, 15) is 9.59 Å². The van der Waals surface area contributed by atoms with Gasteiger partial charge in [0.2, 0.25) is 0 Å². The highest BCUT2D eigenvalue weighted by Crippen LogP contribution is 2.28. The van der Waals surface area contributed by atoms with Gasteiger partial charge in [0.25, 0.3) is 5.91 Å². The van der Waals surface area contributed by atoms with Crippen molar-refractivity contribution < 1.29 is 14.3 Å². The van der Waals surface area contributed by atoms with Crippen molar-refractivity contribution >= 4 is 23.2 Å². The second-order valence-corrected chi connectivity index (χ2v) is 7.59. The van der Waals surface area contributed by atoms with E-state index in [-0.39, 0.29) is 12.5 Å². The molecule has 1 aromatic carbocycles. The maximum absolute atomic E-state index is 12.3. The summed E-state index contributed by atoms with van der Waals surface area (Å²) in [6.45, 7) is 8.38. The number of ether oxygens (including phenoxy) is 1. The molecule has 0 aliphatic carbocycles. The number of nitrogens with one attached hydrogen (secondary N) is 1. The Labute approximate surface area is 158 Å². The summed E-state index contributed by atoms with van der Waals surface area (Å²) in [7, 11) is 0. The molecular weight excluding hydrogens is 348 g/mol. The summed E-state index contributed by atoms with van der Waals surface area (Å²) in [6.07, 6.45) is 1.88. The van der Waals surface area contributed by atoms with Crippen LogP contribution >= 0.6 is 11.3 Å². The smallest absolute Gasteiger partial charge is 0.350 e. The number of hydrogen-bond acceptors (Lipinski definition) is 5. The lowest BCUT2D eigenvalue weighted by molar-refractivity contribution is -0.124. The highest BCUT2D eigenvalue weighted by atomic mass is 32.1. The number of rotatable bonds is 8. The molecule has 0 aliphatic heterocycles. The van der Waals surface area contributed by atoms with Crippen LogP contribution < -0.4 is 5.32 Å². The lowest BCUT2D eigenvalue weighted by atomic mass is 10.1. The van der Waals surface area contributed by atoms with E-state index in [4.69, 9.17) is 4.74 Å². The zero-order chi connectivity index (χ0) is 19.1. The number of benzene rings is 1. The number of carbonyl (C=O) groups is 2. The van der Waals surface area contributed by atoms with Crippen LogP contribution in [0.1, 0.15) is 48.1 Å². The number of hydrogen-bond donors (Lipinski definition) is 1. The van der Waals surface area contributed by atoms with Crippen molar-refractivity contribution in [3.05, 3.63) is 40.4 Å². The molecule has 1 heterocycles. The molecule has 26 heavy (non-hydrogen) atoms. The average molecular weight is 375 g/mol.